The highest BCUT2D eigenvalue weighted by Gasteiger charge is 2.32. The van der Waals surface area contributed by atoms with E-state index in [9.17, 15) is 17.6 Å². The van der Waals surface area contributed by atoms with Gasteiger partial charge in [0, 0.05) is 24.1 Å². The minimum atomic E-state index is -4.11. The number of rotatable bonds is 8. The quantitative estimate of drug-likeness (QED) is 0.590. The van der Waals surface area contributed by atoms with E-state index in [4.69, 9.17) is 4.18 Å². The highest BCUT2D eigenvalue weighted by molar-refractivity contribution is 7.87. The van der Waals surface area contributed by atoms with Gasteiger partial charge in [-0.3, -0.25) is 4.79 Å². The molecule has 5 nitrogen and oxygen atoms in total. The number of benzene rings is 2. The zero-order valence-electron chi connectivity index (χ0n) is 16.7. The molecule has 0 radical (unpaired) electrons. The molecule has 1 saturated carbocycles. The van der Waals surface area contributed by atoms with Gasteiger partial charge in [-0.1, -0.05) is 31.5 Å². The lowest BCUT2D eigenvalue weighted by Gasteiger charge is -2.35. The van der Waals surface area contributed by atoms with Crippen molar-refractivity contribution in [1.82, 2.24) is 4.90 Å². The Hall–Kier alpha value is -2.41. The molecule has 2 aromatic rings. The van der Waals surface area contributed by atoms with Crippen LogP contribution in [0.4, 0.5) is 4.39 Å². The molecule has 0 spiro atoms. The number of carbonyl (C=O) groups is 1. The molecule has 1 fully saturated rings. The fraction of sp³-hybridized carbons (Fsp3) is 0.409. The second-order valence-corrected chi connectivity index (χ2v) is 9.00. The van der Waals surface area contributed by atoms with Crippen LogP contribution in [0.2, 0.25) is 0 Å². The minimum absolute atomic E-state index is 0.0323. The molecule has 0 aromatic heterocycles. The lowest BCUT2D eigenvalue weighted by Crippen LogP contribution is -2.43. The Labute approximate surface area is 171 Å². The molecule has 29 heavy (non-hydrogen) atoms. The first kappa shape index (κ1) is 21.3. The van der Waals surface area contributed by atoms with Crippen LogP contribution < -0.4 is 4.18 Å². The van der Waals surface area contributed by atoms with Gasteiger partial charge in [-0.25, -0.2) is 4.39 Å². The van der Waals surface area contributed by atoms with Crippen LogP contribution in [0.1, 0.15) is 45.1 Å². The number of carbonyl (C=O) groups excluding carboxylic acids is 1. The second kappa shape index (κ2) is 8.95. The fourth-order valence-electron chi connectivity index (χ4n) is 3.23. The summed E-state index contributed by atoms with van der Waals surface area (Å²) < 4.78 is 43.7. The second-order valence-electron chi connectivity index (χ2n) is 7.45. The average Bonchev–Trinajstić information content (AvgIpc) is 2.65. The van der Waals surface area contributed by atoms with Gasteiger partial charge in [0.1, 0.15) is 16.5 Å². The molecule has 3 rings (SSSR count). The summed E-state index contributed by atoms with van der Waals surface area (Å²) in [5.74, 6) is -0.184. The number of hydrogen-bond acceptors (Lipinski definition) is 4. The van der Waals surface area contributed by atoms with Crippen molar-refractivity contribution in [2.75, 3.05) is 0 Å². The monoisotopic (exact) mass is 419 g/mol. The van der Waals surface area contributed by atoms with E-state index >= 15 is 0 Å². The number of halogens is 1. The van der Waals surface area contributed by atoms with Gasteiger partial charge < -0.3 is 9.08 Å². The standard InChI is InChI=1S/C22H26FNO4S/c1-3-16(2)24(22(25)17-8-6-9-17)15-18-7-4-5-10-21(18)28-29(26,27)20-13-11-19(23)12-14-20/h4-5,7,10-14,16-17H,3,6,8-9,15H2,1-2H3/t16-/m0/s1. The summed E-state index contributed by atoms with van der Waals surface area (Å²) >= 11 is 0. The molecule has 1 aliphatic rings. The van der Waals surface area contributed by atoms with Gasteiger partial charge in [0.2, 0.25) is 5.91 Å². The van der Waals surface area contributed by atoms with Crippen LogP contribution in [-0.4, -0.2) is 25.3 Å². The van der Waals surface area contributed by atoms with Crippen LogP contribution in [0.3, 0.4) is 0 Å². The molecule has 0 aliphatic heterocycles. The average molecular weight is 420 g/mol. The molecule has 0 N–H and O–H groups in total. The lowest BCUT2D eigenvalue weighted by molar-refractivity contribution is -0.141. The van der Waals surface area contributed by atoms with Gasteiger partial charge in [-0.05, 0) is 56.5 Å². The topological polar surface area (TPSA) is 63.7 Å². The molecule has 2 aromatic carbocycles. The zero-order valence-corrected chi connectivity index (χ0v) is 17.5. The van der Waals surface area contributed by atoms with E-state index in [1.54, 1.807) is 24.3 Å². The van der Waals surface area contributed by atoms with Gasteiger partial charge in [0.25, 0.3) is 0 Å². The number of nitrogens with zero attached hydrogens (tertiary/aromatic N) is 1. The molecular weight excluding hydrogens is 393 g/mol. The van der Waals surface area contributed by atoms with E-state index in [0.717, 1.165) is 37.8 Å². The van der Waals surface area contributed by atoms with Gasteiger partial charge in [0.05, 0.1) is 0 Å². The van der Waals surface area contributed by atoms with Crippen molar-refractivity contribution in [2.45, 2.75) is 57.0 Å². The maximum absolute atomic E-state index is 13.1. The van der Waals surface area contributed by atoms with Gasteiger partial charge >= 0.3 is 10.1 Å². The Morgan fingerprint density at radius 2 is 1.83 bits per heavy atom. The molecule has 0 unspecified atom stereocenters. The first-order valence-electron chi connectivity index (χ1n) is 9.90. The smallest absolute Gasteiger partial charge is 0.339 e. The molecule has 7 heteroatoms. The normalized spacial score (nSPS) is 15.4. The molecule has 1 atom stereocenters. The van der Waals surface area contributed by atoms with Gasteiger partial charge in [-0.15, -0.1) is 0 Å². The van der Waals surface area contributed by atoms with Crippen molar-refractivity contribution < 1.29 is 21.8 Å². The third kappa shape index (κ3) is 4.96. The van der Waals surface area contributed by atoms with E-state index in [-0.39, 0.29) is 35.1 Å². The third-order valence-electron chi connectivity index (χ3n) is 5.48. The van der Waals surface area contributed by atoms with Crippen molar-refractivity contribution in [1.29, 1.82) is 0 Å². The predicted octanol–water partition coefficient (Wildman–Crippen LogP) is 4.52. The number of para-hydroxylation sites is 1. The van der Waals surface area contributed by atoms with E-state index in [1.807, 2.05) is 18.7 Å². The van der Waals surface area contributed by atoms with Crippen LogP contribution >= 0.6 is 0 Å². The third-order valence-corrected chi connectivity index (χ3v) is 6.72. The molecule has 0 bridgehead atoms. The molecular formula is C22H26FNO4S. The number of amides is 1. The summed E-state index contributed by atoms with van der Waals surface area (Å²) in [6.45, 7) is 4.29. The minimum Gasteiger partial charge on any atom is -0.379 e. The summed E-state index contributed by atoms with van der Waals surface area (Å²) in [4.78, 5) is 14.6. The van der Waals surface area contributed by atoms with Gasteiger partial charge in [0.15, 0.2) is 0 Å². The van der Waals surface area contributed by atoms with Crippen LogP contribution in [-0.2, 0) is 21.5 Å². The summed E-state index contributed by atoms with van der Waals surface area (Å²) in [6, 6.07) is 11.3. The van der Waals surface area contributed by atoms with Crippen molar-refractivity contribution in [3.63, 3.8) is 0 Å². The Balaban J connectivity index is 1.85. The van der Waals surface area contributed by atoms with Crippen molar-refractivity contribution in [3.8, 4) is 5.75 Å². The summed E-state index contributed by atoms with van der Waals surface area (Å²) in [5, 5.41) is 0. The maximum Gasteiger partial charge on any atom is 0.339 e. The SMILES string of the molecule is CC[C@H](C)N(Cc1ccccc1OS(=O)(=O)c1ccc(F)cc1)C(=O)C1CCC1. The van der Waals surface area contributed by atoms with Crippen molar-refractivity contribution in [2.24, 2.45) is 5.92 Å². The van der Waals surface area contributed by atoms with Crippen LogP contribution in [0.25, 0.3) is 0 Å². The Bertz CT molecular complexity index is 955. The largest absolute Gasteiger partial charge is 0.379 e. The summed E-state index contributed by atoms with van der Waals surface area (Å²) in [6.07, 6.45) is 3.68. The van der Waals surface area contributed by atoms with E-state index in [1.165, 1.54) is 12.1 Å². The van der Waals surface area contributed by atoms with E-state index < -0.39 is 15.9 Å². The van der Waals surface area contributed by atoms with E-state index in [0.29, 0.717) is 5.56 Å². The lowest BCUT2D eigenvalue weighted by atomic mass is 9.84. The zero-order chi connectivity index (χ0) is 21.0. The fourth-order valence-corrected chi connectivity index (χ4v) is 4.19. The molecule has 1 amide bonds. The summed E-state index contributed by atoms with van der Waals surface area (Å²) in [7, 11) is -4.11. The first-order chi connectivity index (χ1) is 13.8. The Morgan fingerprint density at radius 3 is 2.41 bits per heavy atom. The van der Waals surface area contributed by atoms with Crippen molar-refractivity contribution in [3.05, 3.63) is 59.9 Å². The van der Waals surface area contributed by atoms with Crippen LogP contribution in [0, 0.1) is 11.7 Å². The molecule has 0 heterocycles. The van der Waals surface area contributed by atoms with E-state index in [2.05, 4.69) is 0 Å². The summed E-state index contributed by atoms with van der Waals surface area (Å²) in [5.41, 5.74) is 0.617. The maximum atomic E-state index is 13.1. The molecule has 1 aliphatic carbocycles. The molecule has 156 valence electrons. The van der Waals surface area contributed by atoms with Crippen LogP contribution in [0.5, 0.6) is 5.75 Å². The van der Waals surface area contributed by atoms with Gasteiger partial charge in [-0.2, -0.15) is 8.42 Å². The Kier molecular flexibility index (Phi) is 6.57. The van der Waals surface area contributed by atoms with Crippen LogP contribution in [0.15, 0.2) is 53.4 Å². The number of hydrogen-bond donors (Lipinski definition) is 0. The Morgan fingerprint density at radius 1 is 1.17 bits per heavy atom. The van der Waals surface area contributed by atoms with Crippen molar-refractivity contribution >= 4 is 16.0 Å². The highest BCUT2D eigenvalue weighted by Crippen LogP contribution is 2.31. The molecule has 0 saturated heterocycles. The highest BCUT2D eigenvalue weighted by atomic mass is 32.2. The predicted molar refractivity (Wildman–Crippen MR) is 108 cm³/mol. The first-order valence-corrected chi connectivity index (χ1v) is 11.3.